The molecule has 1 spiro atoms. The molecule has 1 saturated carbocycles. The van der Waals surface area contributed by atoms with Gasteiger partial charge in [-0.05, 0) is 43.7 Å². The van der Waals surface area contributed by atoms with Gasteiger partial charge >= 0.3 is 6.09 Å². The van der Waals surface area contributed by atoms with E-state index in [9.17, 15) is 9.59 Å². The molecule has 0 aromatic heterocycles. The fourth-order valence-electron chi connectivity index (χ4n) is 3.28. The summed E-state index contributed by atoms with van der Waals surface area (Å²) in [5.41, 5.74) is 2.04. The lowest BCUT2D eigenvalue weighted by Gasteiger charge is -2.30. The Balaban J connectivity index is 1.56. The fourth-order valence-corrected chi connectivity index (χ4v) is 3.28. The van der Waals surface area contributed by atoms with Gasteiger partial charge in [-0.3, -0.25) is 4.79 Å². The van der Waals surface area contributed by atoms with Gasteiger partial charge in [-0.25, -0.2) is 4.79 Å². The Morgan fingerprint density at radius 1 is 1.24 bits per heavy atom. The van der Waals surface area contributed by atoms with E-state index in [-0.39, 0.29) is 17.2 Å². The summed E-state index contributed by atoms with van der Waals surface area (Å²) in [5, 5.41) is 11.9. The highest BCUT2D eigenvalue weighted by molar-refractivity contribution is 5.95. The third-order valence-corrected chi connectivity index (χ3v) is 4.86. The normalized spacial score (nSPS) is 22.9. The van der Waals surface area contributed by atoms with Crippen LogP contribution in [0.2, 0.25) is 0 Å². The van der Waals surface area contributed by atoms with Crippen LogP contribution in [0.4, 0.5) is 10.5 Å². The van der Waals surface area contributed by atoms with Crippen LogP contribution in [0.5, 0.6) is 0 Å². The van der Waals surface area contributed by atoms with Gasteiger partial charge in [0.2, 0.25) is 5.91 Å². The van der Waals surface area contributed by atoms with E-state index in [2.05, 4.69) is 5.32 Å². The number of carboxylic acid groups (broad SMARTS) is 1. The number of likely N-dealkylation sites (tertiary alicyclic amines) is 1. The van der Waals surface area contributed by atoms with E-state index in [1.165, 1.54) is 4.90 Å². The first-order chi connectivity index (χ1) is 10.00. The molecule has 3 rings (SSSR count). The van der Waals surface area contributed by atoms with Crippen LogP contribution in [0.3, 0.4) is 0 Å². The highest BCUT2D eigenvalue weighted by atomic mass is 16.4. The summed E-state index contributed by atoms with van der Waals surface area (Å²) < 4.78 is 0. The second-order valence-corrected chi connectivity index (χ2v) is 6.24. The van der Waals surface area contributed by atoms with Gasteiger partial charge in [0.25, 0.3) is 0 Å². The number of hydrogen-bond donors (Lipinski definition) is 2. The number of rotatable bonds is 2. The number of piperidine rings is 1. The first-order valence-corrected chi connectivity index (χ1v) is 7.36. The SMILES string of the molecule is Cc1ccc(NC(=O)[C@H]2CC23CCN(C(=O)O)CC3)cc1. The van der Waals surface area contributed by atoms with Crippen molar-refractivity contribution < 1.29 is 14.7 Å². The number of amides is 2. The molecule has 1 aliphatic heterocycles. The third kappa shape index (κ3) is 2.73. The molecule has 5 nitrogen and oxygen atoms in total. The Bertz CT molecular complexity index is 559. The van der Waals surface area contributed by atoms with Crippen LogP contribution < -0.4 is 5.32 Å². The highest BCUT2D eigenvalue weighted by Crippen LogP contribution is 2.59. The van der Waals surface area contributed by atoms with Gasteiger partial charge in [0.05, 0.1) is 0 Å². The van der Waals surface area contributed by atoms with Crippen LogP contribution >= 0.6 is 0 Å². The molecule has 1 aliphatic carbocycles. The molecule has 5 heteroatoms. The van der Waals surface area contributed by atoms with Crippen LogP contribution in [-0.2, 0) is 4.79 Å². The zero-order chi connectivity index (χ0) is 15.0. The van der Waals surface area contributed by atoms with E-state index in [0.29, 0.717) is 13.1 Å². The van der Waals surface area contributed by atoms with Crippen LogP contribution in [0, 0.1) is 18.3 Å². The van der Waals surface area contributed by atoms with Crippen LogP contribution in [-0.4, -0.2) is 35.1 Å². The maximum absolute atomic E-state index is 12.3. The second kappa shape index (κ2) is 5.06. The van der Waals surface area contributed by atoms with Crippen molar-refractivity contribution in [2.24, 2.45) is 11.3 Å². The Kier molecular flexibility index (Phi) is 3.35. The summed E-state index contributed by atoms with van der Waals surface area (Å²) in [6.45, 7) is 3.10. The smallest absolute Gasteiger partial charge is 0.407 e. The van der Waals surface area contributed by atoms with Crippen molar-refractivity contribution in [1.29, 1.82) is 0 Å². The van der Waals surface area contributed by atoms with Crippen molar-refractivity contribution in [3.05, 3.63) is 29.8 Å². The maximum Gasteiger partial charge on any atom is 0.407 e. The second-order valence-electron chi connectivity index (χ2n) is 6.24. The molecule has 0 bridgehead atoms. The molecule has 1 aromatic carbocycles. The Labute approximate surface area is 123 Å². The molecule has 2 fully saturated rings. The molecule has 21 heavy (non-hydrogen) atoms. The molecule has 1 heterocycles. The zero-order valence-electron chi connectivity index (χ0n) is 12.1. The lowest BCUT2D eigenvalue weighted by atomic mass is 9.91. The van der Waals surface area contributed by atoms with E-state index in [0.717, 1.165) is 30.5 Å². The molecular weight excluding hydrogens is 268 g/mol. The Morgan fingerprint density at radius 3 is 2.43 bits per heavy atom. The van der Waals surface area contributed by atoms with Gasteiger partial charge in [0.1, 0.15) is 0 Å². The molecular formula is C16H20N2O3. The predicted octanol–water partition coefficient (Wildman–Crippen LogP) is 2.71. The van der Waals surface area contributed by atoms with Crippen molar-refractivity contribution in [3.63, 3.8) is 0 Å². The number of hydrogen-bond acceptors (Lipinski definition) is 2. The first-order valence-electron chi connectivity index (χ1n) is 7.36. The lowest BCUT2D eigenvalue weighted by Crippen LogP contribution is -2.39. The van der Waals surface area contributed by atoms with Crippen molar-refractivity contribution in [3.8, 4) is 0 Å². The first kappa shape index (κ1) is 13.9. The Hall–Kier alpha value is -2.04. The number of nitrogens with one attached hydrogen (secondary N) is 1. The van der Waals surface area contributed by atoms with E-state index in [4.69, 9.17) is 5.11 Å². The summed E-state index contributed by atoms with van der Waals surface area (Å²) >= 11 is 0. The lowest BCUT2D eigenvalue weighted by molar-refractivity contribution is -0.118. The van der Waals surface area contributed by atoms with Gasteiger partial charge in [0.15, 0.2) is 0 Å². The maximum atomic E-state index is 12.3. The minimum atomic E-state index is -0.855. The number of benzene rings is 1. The molecule has 1 saturated heterocycles. The van der Waals surface area contributed by atoms with Crippen molar-refractivity contribution >= 4 is 17.7 Å². The van der Waals surface area contributed by atoms with E-state index >= 15 is 0 Å². The average Bonchev–Trinajstić information content (AvgIpc) is 3.16. The van der Waals surface area contributed by atoms with E-state index in [1.807, 2.05) is 31.2 Å². The van der Waals surface area contributed by atoms with Crippen LogP contribution in [0.1, 0.15) is 24.8 Å². The number of anilines is 1. The summed E-state index contributed by atoms with van der Waals surface area (Å²) in [6, 6.07) is 7.78. The van der Waals surface area contributed by atoms with Crippen LogP contribution in [0.15, 0.2) is 24.3 Å². The Morgan fingerprint density at radius 2 is 1.86 bits per heavy atom. The molecule has 2 N–H and O–H groups in total. The van der Waals surface area contributed by atoms with Gasteiger partial charge < -0.3 is 15.3 Å². The number of carbonyl (C=O) groups is 2. The third-order valence-electron chi connectivity index (χ3n) is 4.86. The molecule has 112 valence electrons. The minimum absolute atomic E-state index is 0.0368. The molecule has 2 amide bonds. The standard InChI is InChI=1S/C16H20N2O3/c1-11-2-4-12(5-3-11)17-14(19)13-10-16(13)6-8-18(9-7-16)15(20)21/h2-5,13H,6-10H2,1H3,(H,17,19)(H,20,21)/t13-/m1/s1. The minimum Gasteiger partial charge on any atom is -0.465 e. The van der Waals surface area contributed by atoms with E-state index < -0.39 is 6.09 Å². The summed E-state index contributed by atoms with van der Waals surface area (Å²) in [4.78, 5) is 24.7. The molecule has 1 atom stereocenters. The van der Waals surface area contributed by atoms with Crippen molar-refractivity contribution in [2.75, 3.05) is 18.4 Å². The number of nitrogens with zero attached hydrogens (tertiary/aromatic N) is 1. The van der Waals surface area contributed by atoms with Gasteiger partial charge in [-0.15, -0.1) is 0 Å². The van der Waals surface area contributed by atoms with E-state index in [1.54, 1.807) is 0 Å². The highest BCUT2D eigenvalue weighted by Gasteiger charge is 2.58. The van der Waals surface area contributed by atoms with Crippen molar-refractivity contribution in [2.45, 2.75) is 26.2 Å². The summed E-state index contributed by atoms with van der Waals surface area (Å²) in [7, 11) is 0. The molecule has 0 radical (unpaired) electrons. The predicted molar refractivity (Wildman–Crippen MR) is 79.2 cm³/mol. The zero-order valence-corrected chi connectivity index (χ0v) is 12.1. The fraction of sp³-hybridized carbons (Fsp3) is 0.500. The van der Waals surface area contributed by atoms with Gasteiger partial charge in [0, 0.05) is 24.7 Å². The summed E-state index contributed by atoms with van der Waals surface area (Å²) in [5.74, 6) is 0.109. The number of aryl methyl sites for hydroxylation is 1. The quantitative estimate of drug-likeness (QED) is 0.879. The van der Waals surface area contributed by atoms with Crippen LogP contribution in [0.25, 0.3) is 0 Å². The molecule has 1 aromatic rings. The average molecular weight is 288 g/mol. The molecule has 0 unspecified atom stereocenters. The van der Waals surface area contributed by atoms with Crippen molar-refractivity contribution in [1.82, 2.24) is 4.90 Å². The monoisotopic (exact) mass is 288 g/mol. The molecule has 2 aliphatic rings. The van der Waals surface area contributed by atoms with Gasteiger partial charge in [-0.2, -0.15) is 0 Å². The topological polar surface area (TPSA) is 69.6 Å². The number of carbonyl (C=O) groups excluding carboxylic acids is 1. The van der Waals surface area contributed by atoms with Gasteiger partial charge in [-0.1, -0.05) is 17.7 Å². The largest absolute Gasteiger partial charge is 0.465 e. The summed E-state index contributed by atoms with van der Waals surface area (Å²) in [6.07, 6.45) is 1.63.